The molecular formula is C54H36BN3. The maximum atomic E-state index is 2.47. The van der Waals surface area contributed by atoms with Crippen molar-refractivity contribution >= 4 is 79.0 Å². The quantitative estimate of drug-likeness (QED) is 0.163. The average Bonchev–Trinajstić information content (AvgIpc) is 3.63. The van der Waals surface area contributed by atoms with Crippen LogP contribution in [-0.4, -0.2) is 11.3 Å². The van der Waals surface area contributed by atoms with Gasteiger partial charge in [0.2, 0.25) is 0 Å². The number of para-hydroxylation sites is 5. The van der Waals surface area contributed by atoms with Crippen LogP contribution in [0.15, 0.2) is 218 Å². The predicted molar refractivity (Wildman–Crippen MR) is 246 cm³/mol. The molecule has 0 unspecified atom stereocenters. The van der Waals surface area contributed by atoms with Crippen molar-refractivity contribution in [2.24, 2.45) is 0 Å². The third-order valence-corrected chi connectivity index (χ3v) is 12.2. The van der Waals surface area contributed by atoms with Crippen molar-refractivity contribution in [2.45, 2.75) is 0 Å². The number of fused-ring (bicyclic) bond motifs is 7. The van der Waals surface area contributed by atoms with Gasteiger partial charge in [0.25, 0.3) is 6.71 Å². The summed E-state index contributed by atoms with van der Waals surface area (Å²) in [7, 11) is 0. The minimum atomic E-state index is 0.0394. The van der Waals surface area contributed by atoms with Gasteiger partial charge in [0.1, 0.15) is 0 Å². The zero-order valence-corrected chi connectivity index (χ0v) is 31.7. The lowest BCUT2D eigenvalue weighted by atomic mass is 9.32. The topological polar surface area (TPSA) is 11.4 Å². The minimum Gasteiger partial charge on any atom is -0.311 e. The van der Waals surface area contributed by atoms with E-state index in [1.54, 1.807) is 0 Å². The molecule has 1 aromatic heterocycles. The Morgan fingerprint density at radius 3 is 1.52 bits per heavy atom. The lowest BCUT2D eigenvalue weighted by molar-refractivity contribution is 1.18. The van der Waals surface area contributed by atoms with Crippen LogP contribution in [0.2, 0.25) is 0 Å². The first kappa shape index (κ1) is 32.7. The zero-order chi connectivity index (χ0) is 38.2. The van der Waals surface area contributed by atoms with Crippen LogP contribution in [0.5, 0.6) is 0 Å². The molecule has 0 saturated heterocycles. The highest BCUT2D eigenvalue weighted by Gasteiger charge is 2.44. The highest BCUT2D eigenvalue weighted by Crippen LogP contribution is 2.45. The van der Waals surface area contributed by atoms with E-state index in [0.717, 1.165) is 11.4 Å². The molecule has 3 heterocycles. The fourth-order valence-corrected chi connectivity index (χ4v) is 9.74. The van der Waals surface area contributed by atoms with Gasteiger partial charge in [-0.1, -0.05) is 140 Å². The number of aromatic nitrogens is 1. The molecule has 0 bridgehead atoms. The van der Waals surface area contributed by atoms with E-state index < -0.39 is 0 Å². The van der Waals surface area contributed by atoms with Crippen LogP contribution < -0.4 is 26.2 Å². The highest BCUT2D eigenvalue weighted by molar-refractivity contribution is 7.01. The number of nitrogens with zero attached hydrogens (tertiary/aromatic N) is 3. The van der Waals surface area contributed by atoms with Gasteiger partial charge < -0.3 is 14.4 Å². The van der Waals surface area contributed by atoms with Crippen molar-refractivity contribution < 1.29 is 0 Å². The van der Waals surface area contributed by atoms with Gasteiger partial charge in [-0.15, -0.1) is 0 Å². The van der Waals surface area contributed by atoms with Gasteiger partial charge in [-0.25, -0.2) is 0 Å². The summed E-state index contributed by atoms with van der Waals surface area (Å²) in [6, 6.07) is 79.9. The third-order valence-electron chi connectivity index (χ3n) is 12.2. The van der Waals surface area contributed by atoms with E-state index in [4.69, 9.17) is 0 Å². The van der Waals surface area contributed by atoms with E-state index in [-0.39, 0.29) is 6.71 Å². The summed E-state index contributed by atoms with van der Waals surface area (Å²) in [5, 5.41) is 2.52. The summed E-state index contributed by atoms with van der Waals surface area (Å²) >= 11 is 0. The van der Waals surface area contributed by atoms with E-state index in [1.807, 2.05) is 0 Å². The lowest BCUT2D eigenvalue weighted by Crippen LogP contribution is -2.61. The molecule has 0 saturated carbocycles. The number of anilines is 6. The summed E-state index contributed by atoms with van der Waals surface area (Å²) in [4.78, 5) is 4.92. The van der Waals surface area contributed by atoms with Gasteiger partial charge in [0, 0.05) is 50.6 Å². The van der Waals surface area contributed by atoms with Gasteiger partial charge in [-0.05, 0) is 118 Å². The van der Waals surface area contributed by atoms with Crippen LogP contribution in [0, 0.1) is 0 Å². The Bertz CT molecular complexity index is 3160. The Morgan fingerprint density at radius 2 is 0.810 bits per heavy atom. The van der Waals surface area contributed by atoms with Crippen LogP contribution in [0.25, 0.3) is 49.7 Å². The maximum Gasteiger partial charge on any atom is 0.252 e. The third kappa shape index (κ3) is 4.88. The summed E-state index contributed by atoms with van der Waals surface area (Å²) in [5.74, 6) is 0. The fourth-order valence-electron chi connectivity index (χ4n) is 9.74. The van der Waals surface area contributed by atoms with E-state index >= 15 is 0 Å². The summed E-state index contributed by atoms with van der Waals surface area (Å²) in [6.07, 6.45) is 0. The van der Waals surface area contributed by atoms with Crippen LogP contribution in [-0.2, 0) is 0 Å². The molecule has 0 amide bonds. The minimum absolute atomic E-state index is 0.0394. The summed E-state index contributed by atoms with van der Waals surface area (Å²) < 4.78 is 2.38. The molecule has 0 spiro atoms. The molecule has 0 fully saturated rings. The smallest absolute Gasteiger partial charge is 0.252 e. The molecule has 270 valence electrons. The number of rotatable bonds is 5. The van der Waals surface area contributed by atoms with Gasteiger partial charge in [0.15, 0.2) is 0 Å². The van der Waals surface area contributed by atoms with E-state index in [9.17, 15) is 0 Å². The Labute approximate surface area is 338 Å². The summed E-state index contributed by atoms with van der Waals surface area (Å²) in [6.45, 7) is 0.0394. The first-order valence-electron chi connectivity index (χ1n) is 20.1. The van der Waals surface area contributed by atoms with E-state index in [2.05, 4.69) is 233 Å². The average molecular weight is 738 g/mol. The first-order valence-corrected chi connectivity index (χ1v) is 20.1. The Kier molecular flexibility index (Phi) is 7.33. The molecule has 3 nitrogen and oxygen atoms in total. The monoisotopic (exact) mass is 737 g/mol. The van der Waals surface area contributed by atoms with Crippen LogP contribution in [0.1, 0.15) is 0 Å². The normalized spacial score (nSPS) is 12.7. The molecular weight excluding hydrogens is 701 g/mol. The van der Waals surface area contributed by atoms with Crippen molar-refractivity contribution in [3.63, 3.8) is 0 Å². The maximum absolute atomic E-state index is 2.47. The molecule has 0 aliphatic carbocycles. The van der Waals surface area contributed by atoms with Crippen LogP contribution in [0.3, 0.4) is 0 Å². The Morgan fingerprint density at radius 1 is 0.310 bits per heavy atom. The number of hydrogen-bond donors (Lipinski definition) is 0. The fraction of sp³-hybridized carbons (Fsp3) is 0. The predicted octanol–water partition coefficient (Wildman–Crippen LogP) is 12.2. The molecule has 12 rings (SSSR count). The second kappa shape index (κ2) is 13.0. The van der Waals surface area contributed by atoms with Gasteiger partial charge in [0.05, 0.1) is 11.0 Å². The largest absolute Gasteiger partial charge is 0.311 e. The first-order chi connectivity index (χ1) is 28.8. The van der Waals surface area contributed by atoms with Gasteiger partial charge in [-0.3, -0.25) is 0 Å². The molecule has 10 aromatic rings. The summed E-state index contributed by atoms with van der Waals surface area (Å²) in [5.41, 5.74) is 19.6. The standard InChI is InChI=1S/C54H36BN3/c1-4-16-40(17-5-1)56-47-25-12-10-22-44(47)45-36-39(34-35-48(45)56)37-30-32-38(33-31-37)43-23-14-27-50-53(43)55-46-24-11-13-26-49(46)57(41-18-6-2-7-19-41)51-28-15-29-52(54(51)55)58(50)42-20-8-3-9-21-42/h1-36H. The number of hydrogen-bond acceptors (Lipinski definition) is 2. The second-order valence-electron chi connectivity index (χ2n) is 15.3. The molecule has 4 heteroatoms. The molecule has 0 radical (unpaired) electrons. The van der Waals surface area contributed by atoms with Crippen molar-refractivity contribution in [1.82, 2.24) is 4.57 Å². The Balaban J connectivity index is 1.03. The number of benzene rings is 9. The SMILES string of the molecule is c1ccc(N2c3ccccc3B3c4c(-c5ccc(-c6ccc7c(c6)c6ccccc6n7-c6ccccc6)cc5)cccc4N(c4ccccc4)c4cccc2c43)cc1. The Hall–Kier alpha value is -7.56. The highest BCUT2D eigenvalue weighted by atomic mass is 15.2. The zero-order valence-electron chi connectivity index (χ0n) is 31.7. The molecule has 9 aromatic carbocycles. The van der Waals surface area contributed by atoms with Crippen molar-refractivity contribution in [1.29, 1.82) is 0 Å². The van der Waals surface area contributed by atoms with Crippen LogP contribution in [0.4, 0.5) is 34.1 Å². The van der Waals surface area contributed by atoms with Crippen LogP contribution >= 0.6 is 0 Å². The molecule has 2 aliphatic rings. The molecule has 0 N–H and O–H groups in total. The van der Waals surface area contributed by atoms with Gasteiger partial charge in [-0.2, -0.15) is 0 Å². The van der Waals surface area contributed by atoms with Gasteiger partial charge >= 0.3 is 0 Å². The van der Waals surface area contributed by atoms with Crippen molar-refractivity contribution in [2.75, 3.05) is 9.80 Å². The van der Waals surface area contributed by atoms with E-state index in [1.165, 1.54) is 88.9 Å². The molecule has 58 heavy (non-hydrogen) atoms. The van der Waals surface area contributed by atoms with Crippen molar-refractivity contribution in [3.8, 4) is 27.9 Å². The van der Waals surface area contributed by atoms with E-state index in [0.29, 0.717) is 0 Å². The lowest BCUT2D eigenvalue weighted by Gasteiger charge is -2.44. The molecule has 0 atom stereocenters. The molecule has 2 aliphatic heterocycles. The second-order valence-corrected chi connectivity index (χ2v) is 15.3. The van der Waals surface area contributed by atoms with Crippen molar-refractivity contribution in [3.05, 3.63) is 218 Å².